The van der Waals surface area contributed by atoms with E-state index in [0.717, 1.165) is 5.82 Å². The average molecular weight is 231 g/mol. The number of H-pyrrole nitrogens is 1. The van der Waals surface area contributed by atoms with Crippen LogP contribution in [0.3, 0.4) is 0 Å². The van der Waals surface area contributed by atoms with Crippen LogP contribution in [0.15, 0.2) is 36.5 Å². The van der Waals surface area contributed by atoms with Crippen LogP contribution in [0.1, 0.15) is 10.4 Å². The lowest BCUT2D eigenvalue weighted by Crippen LogP contribution is -2.13. The van der Waals surface area contributed by atoms with Crippen molar-refractivity contribution in [3.8, 4) is 0 Å². The second kappa shape index (κ2) is 4.21. The molecule has 0 aliphatic carbocycles. The number of aromatic carboxylic acids is 1. The number of nitrogens with zero attached hydrogens (tertiary/aromatic N) is 1. The number of aromatic amines is 1. The number of carboxylic acids is 1. The monoisotopic (exact) mass is 231 g/mol. The molecular formula is C12H13N3O2. The highest BCUT2D eigenvalue weighted by atomic mass is 16.4. The molecule has 5 nitrogen and oxygen atoms in total. The molecule has 5 heteroatoms. The minimum absolute atomic E-state index is 0.215. The second-order valence-electron chi connectivity index (χ2n) is 3.69. The molecule has 4 N–H and O–H groups in total. The lowest BCUT2D eigenvalue weighted by atomic mass is 10.1. The standard InChI is InChI=1S/C12H13N3O2/c1-15(11-3-2-6-14-11)10-7-8(12(16)17)4-5-9(10)13/h2-7,14H,13H2,1H3,(H,16,17). The van der Waals surface area contributed by atoms with Gasteiger partial charge in [-0.1, -0.05) is 0 Å². The van der Waals surface area contributed by atoms with Crippen LogP contribution in [-0.4, -0.2) is 23.1 Å². The van der Waals surface area contributed by atoms with Gasteiger partial charge in [-0.25, -0.2) is 4.79 Å². The maximum absolute atomic E-state index is 10.9. The Kier molecular flexibility index (Phi) is 2.74. The Morgan fingerprint density at radius 2 is 2.18 bits per heavy atom. The van der Waals surface area contributed by atoms with Crippen LogP contribution in [-0.2, 0) is 0 Å². The smallest absolute Gasteiger partial charge is 0.335 e. The first-order valence-corrected chi connectivity index (χ1v) is 5.09. The molecule has 1 aromatic heterocycles. The zero-order valence-electron chi connectivity index (χ0n) is 9.34. The molecular weight excluding hydrogens is 218 g/mol. The summed E-state index contributed by atoms with van der Waals surface area (Å²) in [6.45, 7) is 0. The molecule has 0 atom stereocenters. The van der Waals surface area contributed by atoms with Gasteiger partial charge in [-0.05, 0) is 30.3 Å². The number of nitrogens with two attached hydrogens (primary N) is 1. The first-order valence-electron chi connectivity index (χ1n) is 5.09. The van der Waals surface area contributed by atoms with Crippen LogP contribution in [0.5, 0.6) is 0 Å². The molecule has 0 aliphatic heterocycles. The summed E-state index contributed by atoms with van der Waals surface area (Å²) in [7, 11) is 1.82. The van der Waals surface area contributed by atoms with E-state index in [1.807, 2.05) is 24.1 Å². The number of nitrogens with one attached hydrogen (secondary N) is 1. The van der Waals surface area contributed by atoms with E-state index in [-0.39, 0.29) is 5.56 Å². The van der Waals surface area contributed by atoms with Crippen molar-refractivity contribution < 1.29 is 9.90 Å². The fourth-order valence-corrected chi connectivity index (χ4v) is 1.63. The summed E-state index contributed by atoms with van der Waals surface area (Å²) in [4.78, 5) is 15.7. The molecule has 0 saturated heterocycles. The fourth-order valence-electron chi connectivity index (χ4n) is 1.63. The fraction of sp³-hybridized carbons (Fsp3) is 0.0833. The molecule has 1 aromatic carbocycles. The third-order valence-corrected chi connectivity index (χ3v) is 2.58. The highest BCUT2D eigenvalue weighted by Gasteiger charge is 2.11. The van der Waals surface area contributed by atoms with E-state index < -0.39 is 5.97 Å². The predicted octanol–water partition coefficient (Wildman–Crippen LogP) is 2.06. The van der Waals surface area contributed by atoms with E-state index in [4.69, 9.17) is 10.8 Å². The van der Waals surface area contributed by atoms with Crippen molar-refractivity contribution in [2.75, 3.05) is 17.7 Å². The Balaban J connectivity index is 2.44. The lowest BCUT2D eigenvalue weighted by Gasteiger charge is -2.19. The van der Waals surface area contributed by atoms with E-state index in [2.05, 4.69) is 4.98 Å². The molecule has 0 spiro atoms. The molecule has 0 bridgehead atoms. The minimum Gasteiger partial charge on any atom is -0.478 e. The van der Waals surface area contributed by atoms with Crippen LogP contribution < -0.4 is 10.6 Å². The van der Waals surface area contributed by atoms with Gasteiger partial charge in [0.2, 0.25) is 0 Å². The zero-order chi connectivity index (χ0) is 12.4. The average Bonchev–Trinajstić information content (AvgIpc) is 2.81. The normalized spacial score (nSPS) is 10.2. The Labute approximate surface area is 98.5 Å². The Bertz CT molecular complexity index is 535. The Morgan fingerprint density at radius 1 is 1.41 bits per heavy atom. The minimum atomic E-state index is -0.967. The molecule has 88 valence electrons. The maximum atomic E-state index is 10.9. The summed E-state index contributed by atoms with van der Waals surface area (Å²) < 4.78 is 0. The molecule has 0 fully saturated rings. The van der Waals surface area contributed by atoms with E-state index in [1.54, 1.807) is 18.3 Å². The van der Waals surface area contributed by atoms with E-state index in [1.165, 1.54) is 6.07 Å². The molecule has 2 rings (SSSR count). The first-order chi connectivity index (χ1) is 8.09. The Hall–Kier alpha value is -2.43. The zero-order valence-corrected chi connectivity index (χ0v) is 9.34. The lowest BCUT2D eigenvalue weighted by molar-refractivity contribution is 0.0697. The quantitative estimate of drug-likeness (QED) is 0.706. The summed E-state index contributed by atoms with van der Waals surface area (Å²) in [5.74, 6) is -0.120. The third kappa shape index (κ3) is 2.08. The van der Waals surface area contributed by atoms with Gasteiger partial charge in [0.05, 0.1) is 16.9 Å². The van der Waals surface area contributed by atoms with Crippen LogP contribution in [0, 0.1) is 0 Å². The van der Waals surface area contributed by atoms with E-state index in [9.17, 15) is 4.79 Å². The highest BCUT2D eigenvalue weighted by molar-refractivity contribution is 5.91. The number of rotatable bonds is 3. The molecule has 2 aromatic rings. The maximum Gasteiger partial charge on any atom is 0.335 e. The van der Waals surface area contributed by atoms with Gasteiger partial charge >= 0.3 is 5.97 Å². The van der Waals surface area contributed by atoms with E-state index >= 15 is 0 Å². The van der Waals surface area contributed by atoms with Crippen molar-refractivity contribution in [1.82, 2.24) is 4.98 Å². The van der Waals surface area contributed by atoms with Gasteiger partial charge in [0.15, 0.2) is 0 Å². The van der Waals surface area contributed by atoms with Gasteiger partial charge in [-0.3, -0.25) is 0 Å². The summed E-state index contributed by atoms with van der Waals surface area (Å²) in [6, 6.07) is 8.39. The predicted molar refractivity (Wildman–Crippen MR) is 66.7 cm³/mol. The summed E-state index contributed by atoms with van der Waals surface area (Å²) in [5, 5.41) is 8.95. The van der Waals surface area contributed by atoms with Crippen molar-refractivity contribution in [2.45, 2.75) is 0 Å². The summed E-state index contributed by atoms with van der Waals surface area (Å²) in [5.41, 5.74) is 7.26. The van der Waals surface area contributed by atoms with Crippen LogP contribution in [0.4, 0.5) is 17.2 Å². The largest absolute Gasteiger partial charge is 0.478 e. The molecule has 0 unspecified atom stereocenters. The van der Waals surface area contributed by atoms with Gasteiger partial charge in [-0.2, -0.15) is 0 Å². The summed E-state index contributed by atoms with van der Waals surface area (Å²) >= 11 is 0. The number of anilines is 3. The van der Waals surface area contributed by atoms with Gasteiger partial charge < -0.3 is 20.7 Å². The van der Waals surface area contributed by atoms with Gasteiger partial charge in [0.1, 0.15) is 5.82 Å². The van der Waals surface area contributed by atoms with Crippen molar-refractivity contribution >= 4 is 23.2 Å². The van der Waals surface area contributed by atoms with Gasteiger partial charge in [-0.15, -0.1) is 0 Å². The van der Waals surface area contributed by atoms with E-state index in [0.29, 0.717) is 11.4 Å². The molecule has 0 radical (unpaired) electrons. The molecule has 0 amide bonds. The molecule has 17 heavy (non-hydrogen) atoms. The Morgan fingerprint density at radius 3 is 2.76 bits per heavy atom. The number of hydrogen-bond donors (Lipinski definition) is 3. The number of aromatic nitrogens is 1. The number of nitrogen functional groups attached to an aromatic ring is 1. The first kappa shape index (κ1) is 11.1. The molecule has 0 saturated carbocycles. The van der Waals surface area contributed by atoms with Crippen molar-refractivity contribution in [2.24, 2.45) is 0 Å². The number of benzene rings is 1. The molecule has 0 aliphatic rings. The SMILES string of the molecule is CN(c1ccc[nH]1)c1cc(C(=O)O)ccc1N. The van der Waals surface area contributed by atoms with Gasteiger partial charge in [0.25, 0.3) is 0 Å². The van der Waals surface area contributed by atoms with Gasteiger partial charge in [0, 0.05) is 13.2 Å². The van der Waals surface area contributed by atoms with Crippen molar-refractivity contribution in [1.29, 1.82) is 0 Å². The van der Waals surface area contributed by atoms with Crippen LogP contribution in [0.2, 0.25) is 0 Å². The summed E-state index contributed by atoms with van der Waals surface area (Å²) in [6.07, 6.45) is 1.79. The third-order valence-electron chi connectivity index (χ3n) is 2.58. The topological polar surface area (TPSA) is 82.3 Å². The second-order valence-corrected chi connectivity index (χ2v) is 3.69. The van der Waals surface area contributed by atoms with Crippen LogP contribution in [0.25, 0.3) is 0 Å². The highest BCUT2D eigenvalue weighted by Crippen LogP contribution is 2.28. The molecule has 1 heterocycles. The number of carbonyl (C=O) groups is 1. The van der Waals surface area contributed by atoms with Crippen molar-refractivity contribution in [3.05, 3.63) is 42.1 Å². The van der Waals surface area contributed by atoms with Crippen LogP contribution >= 0.6 is 0 Å². The van der Waals surface area contributed by atoms with Crippen molar-refractivity contribution in [3.63, 3.8) is 0 Å². The number of hydrogen-bond acceptors (Lipinski definition) is 3. The number of carboxylic acid groups (broad SMARTS) is 1.